The van der Waals surface area contributed by atoms with Crippen LogP contribution < -0.4 is 10.1 Å². The van der Waals surface area contributed by atoms with Crippen molar-refractivity contribution in [3.63, 3.8) is 0 Å². The number of benzene rings is 1. The molecule has 0 bridgehead atoms. The summed E-state index contributed by atoms with van der Waals surface area (Å²) in [6.07, 6.45) is 3.62. The van der Waals surface area contributed by atoms with Gasteiger partial charge in [-0.2, -0.15) is 0 Å². The second-order valence-corrected chi connectivity index (χ2v) is 6.28. The lowest BCUT2D eigenvalue weighted by atomic mass is 9.77. The normalized spacial score (nSPS) is 27.3. The van der Waals surface area contributed by atoms with E-state index in [2.05, 4.69) is 12.2 Å². The summed E-state index contributed by atoms with van der Waals surface area (Å²) in [6, 6.07) is 9.49. The molecule has 1 aromatic rings. The highest BCUT2D eigenvalue weighted by Gasteiger charge is 2.33. The summed E-state index contributed by atoms with van der Waals surface area (Å²) in [4.78, 5) is 0. The predicted molar refractivity (Wildman–Crippen MR) is 83.4 cm³/mol. The fraction of sp³-hybridized carbons (Fsp3) is 0.647. The van der Waals surface area contributed by atoms with E-state index in [9.17, 15) is 10.2 Å². The van der Waals surface area contributed by atoms with E-state index >= 15 is 0 Å². The number of hydrogen-bond donors (Lipinski definition) is 3. The Kier molecular flexibility index (Phi) is 6.03. The summed E-state index contributed by atoms with van der Waals surface area (Å²) >= 11 is 0. The van der Waals surface area contributed by atoms with Crippen LogP contribution in [-0.4, -0.2) is 41.6 Å². The number of β-amino-alcohol motifs (C(OH)–C–C–N with tert-alkyl or cyclic N) is 1. The Morgan fingerprint density at radius 3 is 2.57 bits per heavy atom. The topological polar surface area (TPSA) is 61.7 Å². The van der Waals surface area contributed by atoms with Crippen LogP contribution in [0.2, 0.25) is 0 Å². The van der Waals surface area contributed by atoms with Gasteiger partial charge in [-0.25, -0.2) is 0 Å². The molecule has 21 heavy (non-hydrogen) atoms. The average Bonchev–Trinajstić information content (AvgIpc) is 2.54. The van der Waals surface area contributed by atoms with Crippen molar-refractivity contribution in [1.82, 2.24) is 5.32 Å². The molecular formula is C17H27NO3. The maximum absolute atomic E-state index is 10.0. The Balaban J connectivity index is 1.73. The van der Waals surface area contributed by atoms with Crippen LogP contribution in [0.25, 0.3) is 0 Å². The molecule has 4 heteroatoms. The lowest BCUT2D eigenvalue weighted by Crippen LogP contribution is -2.53. The summed E-state index contributed by atoms with van der Waals surface area (Å²) in [6.45, 7) is 3.09. The molecule has 0 amide bonds. The average molecular weight is 293 g/mol. The highest BCUT2D eigenvalue weighted by molar-refractivity contribution is 5.20. The first-order valence-corrected chi connectivity index (χ1v) is 7.85. The van der Waals surface area contributed by atoms with E-state index in [4.69, 9.17) is 4.74 Å². The van der Waals surface area contributed by atoms with Gasteiger partial charge in [-0.15, -0.1) is 0 Å². The number of ether oxygens (including phenoxy) is 1. The zero-order valence-electron chi connectivity index (χ0n) is 12.8. The van der Waals surface area contributed by atoms with Gasteiger partial charge >= 0.3 is 0 Å². The molecule has 2 rings (SSSR count). The van der Waals surface area contributed by atoms with E-state index in [0.717, 1.165) is 37.4 Å². The third-order valence-corrected chi connectivity index (χ3v) is 4.43. The molecule has 1 aliphatic rings. The summed E-state index contributed by atoms with van der Waals surface area (Å²) in [7, 11) is 0. The molecule has 0 aromatic heterocycles. The van der Waals surface area contributed by atoms with Crippen LogP contribution >= 0.6 is 0 Å². The third-order valence-electron chi connectivity index (χ3n) is 4.43. The van der Waals surface area contributed by atoms with E-state index in [-0.39, 0.29) is 18.8 Å². The van der Waals surface area contributed by atoms with Crippen LogP contribution in [0.5, 0.6) is 5.75 Å². The minimum atomic E-state index is -0.576. The molecule has 1 saturated carbocycles. The Hall–Kier alpha value is -1.10. The van der Waals surface area contributed by atoms with Gasteiger partial charge in [0.05, 0.1) is 6.61 Å². The predicted octanol–water partition coefficient (Wildman–Crippen LogP) is 1.96. The molecule has 3 N–H and O–H groups in total. The van der Waals surface area contributed by atoms with Gasteiger partial charge in [0.1, 0.15) is 18.5 Å². The third kappa shape index (κ3) is 4.99. The Morgan fingerprint density at radius 1 is 1.29 bits per heavy atom. The highest BCUT2D eigenvalue weighted by Crippen LogP contribution is 2.31. The minimum absolute atomic E-state index is 0.131. The zero-order chi connectivity index (χ0) is 15.1. The van der Waals surface area contributed by atoms with Crippen molar-refractivity contribution < 1.29 is 14.9 Å². The van der Waals surface area contributed by atoms with Gasteiger partial charge < -0.3 is 20.3 Å². The molecular weight excluding hydrogens is 266 g/mol. The molecule has 1 fully saturated rings. The number of rotatable bonds is 7. The molecule has 1 aliphatic carbocycles. The first-order valence-electron chi connectivity index (χ1n) is 7.85. The second kappa shape index (κ2) is 7.78. The Bertz CT molecular complexity index is 402. The summed E-state index contributed by atoms with van der Waals surface area (Å²) in [5, 5.41) is 23.1. The van der Waals surface area contributed by atoms with Gasteiger partial charge in [-0.1, -0.05) is 25.1 Å². The van der Waals surface area contributed by atoms with Crippen LogP contribution in [0.4, 0.5) is 0 Å². The zero-order valence-corrected chi connectivity index (χ0v) is 12.8. The molecule has 1 unspecified atom stereocenters. The first-order chi connectivity index (χ1) is 10.1. The van der Waals surface area contributed by atoms with Crippen molar-refractivity contribution in [3.05, 3.63) is 30.3 Å². The molecule has 4 nitrogen and oxygen atoms in total. The fourth-order valence-electron chi connectivity index (χ4n) is 2.81. The largest absolute Gasteiger partial charge is 0.491 e. The van der Waals surface area contributed by atoms with Gasteiger partial charge in [-0.05, 0) is 43.7 Å². The van der Waals surface area contributed by atoms with E-state index in [1.807, 2.05) is 30.3 Å². The molecule has 0 heterocycles. The Morgan fingerprint density at radius 2 is 1.95 bits per heavy atom. The monoisotopic (exact) mass is 293 g/mol. The second-order valence-electron chi connectivity index (χ2n) is 6.28. The van der Waals surface area contributed by atoms with E-state index in [1.54, 1.807) is 0 Å². The maximum Gasteiger partial charge on any atom is 0.119 e. The standard InChI is InChI=1S/C17H27NO3/c1-14-7-9-17(13-19,10-8-14)18-11-15(20)12-21-16-5-3-2-4-6-16/h2-6,14-15,18-20H,7-13H2,1H3. The number of nitrogens with one attached hydrogen (secondary N) is 1. The van der Waals surface area contributed by atoms with E-state index in [0.29, 0.717) is 6.54 Å². The van der Waals surface area contributed by atoms with Crippen molar-refractivity contribution in [2.24, 2.45) is 5.92 Å². The van der Waals surface area contributed by atoms with Crippen LogP contribution in [0, 0.1) is 5.92 Å². The van der Waals surface area contributed by atoms with Crippen LogP contribution in [0.1, 0.15) is 32.6 Å². The fourth-order valence-corrected chi connectivity index (χ4v) is 2.81. The number of aliphatic hydroxyl groups is 2. The minimum Gasteiger partial charge on any atom is -0.491 e. The van der Waals surface area contributed by atoms with Crippen LogP contribution in [0.3, 0.4) is 0 Å². The molecule has 0 aliphatic heterocycles. The van der Waals surface area contributed by atoms with Gasteiger partial charge in [0.15, 0.2) is 0 Å². The Labute approximate surface area is 127 Å². The molecule has 0 saturated heterocycles. The van der Waals surface area contributed by atoms with E-state index in [1.165, 1.54) is 0 Å². The lowest BCUT2D eigenvalue weighted by molar-refractivity contribution is 0.0650. The summed E-state index contributed by atoms with van der Waals surface area (Å²) < 4.78 is 5.54. The molecule has 0 radical (unpaired) electrons. The quantitative estimate of drug-likeness (QED) is 0.719. The smallest absolute Gasteiger partial charge is 0.119 e. The summed E-state index contributed by atoms with van der Waals surface area (Å²) in [5.74, 6) is 1.50. The molecule has 1 aromatic carbocycles. The van der Waals surface area contributed by atoms with Crippen LogP contribution in [0.15, 0.2) is 30.3 Å². The highest BCUT2D eigenvalue weighted by atomic mass is 16.5. The number of para-hydroxylation sites is 1. The van der Waals surface area contributed by atoms with Gasteiger partial charge in [0.2, 0.25) is 0 Å². The van der Waals surface area contributed by atoms with Crippen molar-refractivity contribution in [2.45, 2.75) is 44.2 Å². The van der Waals surface area contributed by atoms with Crippen molar-refractivity contribution >= 4 is 0 Å². The summed E-state index contributed by atoms with van der Waals surface area (Å²) in [5.41, 5.74) is -0.222. The van der Waals surface area contributed by atoms with Gasteiger partial charge in [0.25, 0.3) is 0 Å². The molecule has 118 valence electrons. The number of aliphatic hydroxyl groups excluding tert-OH is 2. The number of hydrogen-bond acceptors (Lipinski definition) is 4. The van der Waals surface area contributed by atoms with Gasteiger partial charge in [0, 0.05) is 12.1 Å². The van der Waals surface area contributed by atoms with Gasteiger partial charge in [-0.3, -0.25) is 0 Å². The van der Waals surface area contributed by atoms with Crippen LogP contribution in [-0.2, 0) is 0 Å². The van der Waals surface area contributed by atoms with Crippen molar-refractivity contribution in [2.75, 3.05) is 19.8 Å². The van der Waals surface area contributed by atoms with E-state index < -0.39 is 6.10 Å². The molecule has 0 spiro atoms. The first kappa shape index (κ1) is 16.3. The SMILES string of the molecule is CC1CCC(CO)(NCC(O)COc2ccccc2)CC1. The maximum atomic E-state index is 10.0. The van der Waals surface area contributed by atoms with Crippen molar-refractivity contribution in [1.29, 1.82) is 0 Å². The van der Waals surface area contributed by atoms with Crippen molar-refractivity contribution in [3.8, 4) is 5.75 Å². The lowest BCUT2D eigenvalue weighted by Gasteiger charge is -2.39. The molecule has 1 atom stereocenters.